The van der Waals surface area contributed by atoms with Gasteiger partial charge in [-0.3, -0.25) is 0 Å². The molecule has 11 aromatic rings. The van der Waals surface area contributed by atoms with Crippen molar-refractivity contribution in [1.29, 1.82) is 0 Å². The predicted molar refractivity (Wildman–Crippen MR) is 301 cm³/mol. The van der Waals surface area contributed by atoms with E-state index in [9.17, 15) is 0 Å². The first-order valence-electron chi connectivity index (χ1n) is 24.9. The molecule has 0 bridgehead atoms. The van der Waals surface area contributed by atoms with E-state index in [2.05, 4.69) is 276 Å². The molecular formula is C68H58N2. The van der Waals surface area contributed by atoms with Gasteiger partial charge in [0.25, 0.3) is 0 Å². The maximum absolute atomic E-state index is 2.60. The van der Waals surface area contributed by atoms with Gasteiger partial charge in [0.2, 0.25) is 0 Å². The van der Waals surface area contributed by atoms with Gasteiger partial charge in [-0.25, -0.2) is 0 Å². The average Bonchev–Trinajstić information content (AvgIpc) is 3.39. The molecule has 0 fully saturated rings. The Bertz CT molecular complexity index is 3790. The maximum atomic E-state index is 2.60. The second kappa shape index (κ2) is 16.9. The molecule has 1 aliphatic carbocycles. The minimum absolute atomic E-state index is 0.0182. The molecule has 340 valence electrons. The van der Waals surface area contributed by atoms with Crippen molar-refractivity contribution < 1.29 is 0 Å². The third-order valence-electron chi connectivity index (χ3n) is 14.9. The zero-order chi connectivity index (χ0) is 47.7. The van der Waals surface area contributed by atoms with Gasteiger partial charge in [-0.15, -0.1) is 0 Å². The van der Waals surface area contributed by atoms with E-state index in [0.717, 1.165) is 29.2 Å². The van der Waals surface area contributed by atoms with Crippen LogP contribution in [-0.2, 0) is 10.8 Å². The van der Waals surface area contributed by atoms with Gasteiger partial charge >= 0.3 is 0 Å². The van der Waals surface area contributed by atoms with Crippen LogP contribution in [0, 0.1) is 0 Å². The lowest BCUT2D eigenvalue weighted by atomic mass is 9.77. The molecule has 70 heavy (non-hydrogen) atoms. The molecule has 0 aliphatic heterocycles. The Labute approximate surface area is 412 Å². The summed E-state index contributed by atoms with van der Waals surface area (Å²) in [5, 5.41) is 11.3. The molecule has 0 spiro atoms. The normalized spacial score (nSPS) is 13.9. The van der Waals surface area contributed by atoms with Crippen LogP contribution in [0.3, 0.4) is 0 Å². The first-order chi connectivity index (χ1) is 34.0. The molecule has 0 aromatic heterocycles. The van der Waals surface area contributed by atoms with E-state index in [1.807, 2.05) is 0 Å². The fourth-order valence-corrected chi connectivity index (χ4v) is 11.3. The van der Waals surface area contributed by atoms with Gasteiger partial charge in [-0.1, -0.05) is 224 Å². The molecular weight excluding hydrogens is 845 g/mol. The number of hydrogen-bond donors (Lipinski definition) is 0. The van der Waals surface area contributed by atoms with Gasteiger partial charge in [0.15, 0.2) is 0 Å². The van der Waals surface area contributed by atoms with Crippen LogP contribution in [0.2, 0.25) is 0 Å². The minimum Gasteiger partial charge on any atom is -0.313 e. The average molecular weight is 903 g/mol. The third kappa shape index (κ3) is 7.42. The molecule has 2 heteroatoms. The summed E-state index contributed by atoms with van der Waals surface area (Å²) in [6.07, 6.45) is 0.829. The summed E-state index contributed by atoms with van der Waals surface area (Å²) < 4.78 is 0. The highest BCUT2D eigenvalue weighted by Crippen LogP contribution is 2.51. The fourth-order valence-electron chi connectivity index (χ4n) is 11.3. The first-order valence-corrected chi connectivity index (χ1v) is 24.9. The van der Waals surface area contributed by atoms with E-state index in [1.54, 1.807) is 0 Å². The highest BCUT2D eigenvalue weighted by molar-refractivity contribution is 6.22. The van der Waals surface area contributed by atoms with Crippen molar-refractivity contribution in [3.05, 3.63) is 252 Å². The number of hydrogen-bond acceptors (Lipinski definition) is 2. The second-order valence-electron chi connectivity index (χ2n) is 21.3. The van der Waals surface area contributed by atoms with Gasteiger partial charge in [-0.05, 0) is 120 Å². The topological polar surface area (TPSA) is 6.48 Å². The van der Waals surface area contributed by atoms with Crippen LogP contribution in [-0.4, -0.2) is 0 Å². The lowest BCUT2D eigenvalue weighted by Gasteiger charge is -2.36. The smallest absolute Gasteiger partial charge is 0.0547 e. The van der Waals surface area contributed by atoms with E-state index in [0.29, 0.717) is 0 Å². The lowest BCUT2D eigenvalue weighted by molar-refractivity contribution is 0.590. The number of fused-ring (bicyclic) bond motifs is 2. The first kappa shape index (κ1) is 43.3. The Morgan fingerprint density at radius 3 is 1.47 bits per heavy atom. The summed E-state index contributed by atoms with van der Waals surface area (Å²) in [5.74, 6) is 0.105. The van der Waals surface area contributed by atoms with Gasteiger partial charge in [0, 0.05) is 44.4 Å². The van der Waals surface area contributed by atoms with E-state index in [1.165, 1.54) is 93.1 Å². The summed E-state index contributed by atoms with van der Waals surface area (Å²) >= 11 is 0. The second-order valence-corrected chi connectivity index (χ2v) is 21.3. The maximum Gasteiger partial charge on any atom is 0.0547 e. The molecule has 0 saturated heterocycles. The summed E-state index contributed by atoms with van der Waals surface area (Å²) in [6, 6.07) is 84.4. The van der Waals surface area contributed by atoms with Crippen LogP contribution in [0.1, 0.15) is 76.1 Å². The van der Waals surface area contributed by atoms with Gasteiger partial charge in [0.05, 0.1) is 17.1 Å². The largest absolute Gasteiger partial charge is 0.313 e. The highest BCUT2D eigenvalue weighted by atomic mass is 15.2. The molecule has 1 unspecified atom stereocenters. The Hall–Kier alpha value is -7.94. The van der Waals surface area contributed by atoms with Crippen LogP contribution in [0.15, 0.2) is 224 Å². The molecule has 2 nitrogen and oxygen atoms in total. The molecule has 11 aromatic carbocycles. The molecule has 0 amide bonds. The number of rotatable bonds is 8. The Morgan fingerprint density at radius 1 is 0.386 bits per heavy atom. The molecule has 1 aliphatic rings. The van der Waals surface area contributed by atoms with Crippen molar-refractivity contribution >= 4 is 77.2 Å². The van der Waals surface area contributed by atoms with Crippen LogP contribution in [0.4, 0.5) is 28.4 Å². The van der Waals surface area contributed by atoms with Crippen LogP contribution >= 0.6 is 0 Å². The SMILES string of the molecule is CC(C)(C)c1ccc(N(C2=c3ccc4c(-c5ccccc5)cc(N(c5ccc(C(C)(C)C)cc5)c5cccc6ccccc56)c5ccc(c3c45)C(c3ccccc3)C2)c2cccc3ccccc23)cc1. The van der Waals surface area contributed by atoms with Crippen molar-refractivity contribution in [2.45, 2.75) is 64.7 Å². The van der Waals surface area contributed by atoms with E-state index in [4.69, 9.17) is 0 Å². The molecule has 0 saturated carbocycles. The molecule has 0 heterocycles. The number of nitrogens with zero attached hydrogens (tertiary/aromatic N) is 2. The summed E-state index contributed by atoms with van der Waals surface area (Å²) in [5.41, 5.74) is 14.9. The monoisotopic (exact) mass is 902 g/mol. The Balaban J connectivity index is 1.23. The van der Waals surface area contributed by atoms with Crippen molar-refractivity contribution in [3.8, 4) is 11.1 Å². The molecule has 12 rings (SSSR count). The Morgan fingerprint density at radius 2 is 0.886 bits per heavy atom. The van der Waals surface area contributed by atoms with Crippen LogP contribution in [0.5, 0.6) is 0 Å². The number of anilines is 5. The standard InChI is InChI=1S/C68H58N2/c1-67(2,3)49-31-35-51(36-32-49)69(61-29-17-25-45-23-13-15-27-53(45)61)63-43-59(47-19-9-7-10-20-47)55-40-42-58-64(44-60(48-21-11-8-12-22-48)56-39-41-57(63)65(55)66(56)58)70(52-37-33-50(34-38-52)68(4,5)6)62-30-18-26-46-24-14-16-28-54(46)62/h7-43,60H,44H2,1-6H3. The molecule has 1 atom stereocenters. The van der Waals surface area contributed by atoms with Gasteiger partial charge in [0.1, 0.15) is 0 Å². The van der Waals surface area contributed by atoms with Crippen molar-refractivity contribution in [2.75, 3.05) is 9.80 Å². The van der Waals surface area contributed by atoms with E-state index >= 15 is 0 Å². The molecule has 0 N–H and O–H groups in total. The van der Waals surface area contributed by atoms with Crippen LogP contribution < -0.4 is 15.0 Å². The Kier molecular flexibility index (Phi) is 10.5. The van der Waals surface area contributed by atoms with E-state index in [-0.39, 0.29) is 16.7 Å². The zero-order valence-corrected chi connectivity index (χ0v) is 41.0. The lowest BCUT2D eigenvalue weighted by Crippen LogP contribution is -2.29. The fraction of sp³-hybridized carbons (Fsp3) is 0.147. The van der Waals surface area contributed by atoms with Crippen LogP contribution in [0.25, 0.3) is 59.9 Å². The highest BCUT2D eigenvalue weighted by Gasteiger charge is 2.32. The van der Waals surface area contributed by atoms with Gasteiger partial charge < -0.3 is 9.80 Å². The number of benzene rings is 11. The zero-order valence-electron chi connectivity index (χ0n) is 41.0. The minimum atomic E-state index is 0.0182. The summed E-state index contributed by atoms with van der Waals surface area (Å²) in [6.45, 7) is 13.8. The molecule has 0 radical (unpaired) electrons. The van der Waals surface area contributed by atoms with E-state index < -0.39 is 0 Å². The summed E-state index contributed by atoms with van der Waals surface area (Å²) in [4.78, 5) is 5.13. The van der Waals surface area contributed by atoms with Crippen molar-refractivity contribution in [3.63, 3.8) is 0 Å². The quantitative estimate of drug-likeness (QED) is 0.150. The summed E-state index contributed by atoms with van der Waals surface area (Å²) in [7, 11) is 0. The predicted octanol–water partition coefficient (Wildman–Crippen LogP) is 18.2. The van der Waals surface area contributed by atoms with Gasteiger partial charge in [-0.2, -0.15) is 0 Å². The van der Waals surface area contributed by atoms with Crippen molar-refractivity contribution in [1.82, 2.24) is 0 Å². The van der Waals surface area contributed by atoms with Crippen molar-refractivity contribution in [2.24, 2.45) is 0 Å². The third-order valence-corrected chi connectivity index (χ3v) is 14.9.